The van der Waals surface area contributed by atoms with Crippen LogP contribution in [0.3, 0.4) is 0 Å². The number of carbonyl (C=O) groups is 1. The Hall–Kier alpha value is -1.55. The molecule has 2 rings (SSSR count). The van der Waals surface area contributed by atoms with E-state index >= 15 is 0 Å². The van der Waals surface area contributed by atoms with Gasteiger partial charge in [0.05, 0.1) is 5.69 Å². The van der Waals surface area contributed by atoms with Gasteiger partial charge < -0.3 is 15.4 Å². The van der Waals surface area contributed by atoms with E-state index in [1.165, 1.54) is 0 Å². The van der Waals surface area contributed by atoms with Crippen LogP contribution >= 0.6 is 0 Å². The highest BCUT2D eigenvalue weighted by Gasteiger charge is 2.34. The second-order valence-electron chi connectivity index (χ2n) is 4.11. The lowest BCUT2D eigenvalue weighted by Gasteiger charge is -2.36. The van der Waals surface area contributed by atoms with Crippen molar-refractivity contribution in [1.29, 1.82) is 0 Å². The molecular weight excluding hydrogens is 204 g/mol. The zero-order valence-corrected chi connectivity index (χ0v) is 9.51. The van der Waals surface area contributed by atoms with Gasteiger partial charge in [0.25, 0.3) is 5.91 Å². The molecule has 1 aromatic rings. The molecule has 0 bridgehead atoms. The molecule has 0 aliphatic carbocycles. The molecule has 1 unspecified atom stereocenters. The van der Waals surface area contributed by atoms with E-state index in [4.69, 9.17) is 10.5 Å². The Morgan fingerprint density at radius 2 is 2.12 bits per heavy atom. The number of para-hydroxylation sites is 2. The molecule has 0 saturated carbocycles. The number of amides is 1. The maximum atomic E-state index is 12.1. The Morgan fingerprint density at radius 3 is 2.75 bits per heavy atom. The Morgan fingerprint density at radius 1 is 1.44 bits per heavy atom. The van der Waals surface area contributed by atoms with Gasteiger partial charge in [0.15, 0.2) is 6.10 Å². The fraction of sp³-hybridized carbons (Fsp3) is 0.417. The number of ether oxygens (including phenoxy) is 1. The smallest absolute Gasteiger partial charge is 0.269 e. The summed E-state index contributed by atoms with van der Waals surface area (Å²) in [6, 6.07) is 7.64. The van der Waals surface area contributed by atoms with Crippen molar-refractivity contribution >= 4 is 11.6 Å². The SMILES string of the molecule is CC(C)N1C(=O)C(CN)Oc2ccccc21. The average molecular weight is 220 g/mol. The number of nitrogens with two attached hydrogens (primary N) is 1. The molecule has 1 heterocycles. The number of anilines is 1. The normalized spacial score (nSPS) is 19.6. The minimum Gasteiger partial charge on any atom is -0.477 e. The van der Waals surface area contributed by atoms with E-state index in [-0.39, 0.29) is 18.5 Å². The summed E-state index contributed by atoms with van der Waals surface area (Å²) >= 11 is 0. The molecule has 0 spiro atoms. The second-order valence-corrected chi connectivity index (χ2v) is 4.11. The summed E-state index contributed by atoms with van der Waals surface area (Å²) < 4.78 is 5.56. The highest BCUT2D eigenvalue weighted by molar-refractivity contribution is 6.00. The zero-order chi connectivity index (χ0) is 11.7. The van der Waals surface area contributed by atoms with E-state index in [1.54, 1.807) is 4.90 Å². The van der Waals surface area contributed by atoms with Crippen molar-refractivity contribution in [1.82, 2.24) is 0 Å². The molecule has 4 nitrogen and oxygen atoms in total. The van der Waals surface area contributed by atoms with E-state index in [0.29, 0.717) is 0 Å². The van der Waals surface area contributed by atoms with Gasteiger partial charge in [0.2, 0.25) is 0 Å². The van der Waals surface area contributed by atoms with Crippen LogP contribution in [0.4, 0.5) is 5.69 Å². The summed E-state index contributed by atoms with van der Waals surface area (Å²) in [5.74, 6) is 0.669. The highest BCUT2D eigenvalue weighted by atomic mass is 16.5. The Kier molecular flexibility index (Phi) is 2.83. The molecule has 2 N–H and O–H groups in total. The first-order valence-corrected chi connectivity index (χ1v) is 5.44. The van der Waals surface area contributed by atoms with Crippen LogP contribution in [0.2, 0.25) is 0 Å². The number of hydrogen-bond donors (Lipinski definition) is 1. The summed E-state index contributed by atoms with van der Waals surface area (Å²) in [5.41, 5.74) is 6.37. The van der Waals surface area contributed by atoms with Crippen molar-refractivity contribution in [3.8, 4) is 5.75 Å². The van der Waals surface area contributed by atoms with Gasteiger partial charge in [-0.1, -0.05) is 12.1 Å². The third-order valence-corrected chi connectivity index (χ3v) is 2.64. The van der Waals surface area contributed by atoms with Crippen LogP contribution in [0.5, 0.6) is 5.75 Å². The maximum Gasteiger partial charge on any atom is 0.269 e. The topological polar surface area (TPSA) is 55.6 Å². The Balaban J connectivity index is 2.46. The molecule has 1 aliphatic rings. The number of carbonyl (C=O) groups excluding carboxylic acids is 1. The van der Waals surface area contributed by atoms with Crippen LogP contribution in [0.25, 0.3) is 0 Å². The average Bonchev–Trinajstić information content (AvgIpc) is 2.27. The number of nitrogens with zero attached hydrogens (tertiary/aromatic N) is 1. The Bertz CT molecular complexity index is 404. The van der Waals surface area contributed by atoms with Crippen LogP contribution in [0.1, 0.15) is 13.8 Å². The van der Waals surface area contributed by atoms with Crippen molar-refractivity contribution < 1.29 is 9.53 Å². The van der Waals surface area contributed by atoms with Crippen LogP contribution < -0.4 is 15.4 Å². The molecule has 0 saturated heterocycles. The number of fused-ring (bicyclic) bond motifs is 1. The lowest BCUT2D eigenvalue weighted by Crippen LogP contribution is -2.51. The lowest BCUT2D eigenvalue weighted by molar-refractivity contribution is -0.126. The van der Waals surface area contributed by atoms with Crippen LogP contribution in [-0.2, 0) is 4.79 Å². The van der Waals surface area contributed by atoms with Crippen molar-refractivity contribution in [3.05, 3.63) is 24.3 Å². The monoisotopic (exact) mass is 220 g/mol. The lowest BCUT2D eigenvalue weighted by atomic mass is 10.1. The molecule has 16 heavy (non-hydrogen) atoms. The molecule has 0 radical (unpaired) electrons. The van der Waals surface area contributed by atoms with Crippen molar-refractivity contribution in [2.45, 2.75) is 26.0 Å². The van der Waals surface area contributed by atoms with E-state index in [1.807, 2.05) is 38.1 Å². The van der Waals surface area contributed by atoms with Crippen molar-refractivity contribution in [2.24, 2.45) is 5.73 Å². The highest BCUT2D eigenvalue weighted by Crippen LogP contribution is 2.34. The molecule has 1 aromatic carbocycles. The first-order valence-electron chi connectivity index (χ1n) is 5.44. The summed E-state index contributed by atoms with van der Waals surface area (Å²) in [6.45, 7) is 4.16. The third-order valence-electron chi connectivity index (χ3n) is 2.64. The first-order chi connectivity index (χ1) is 7.65. The molecule has 4 heteroatoms. The minimum atomic E-state index is -0.558. The van der Waals surface area contributed by atoms with Gasteiger partial charge in [-0.2, -0.15) is 0 Å². The van der Waals surface area contributed by atoms with Crippen molar-refractivity contribution in [2.75, 3.05) is 11.4 Å². The molecule has 1 amide bonds. The van der Waals surface area contributed by atoms with Gasteiger partial charge in [-0.05, 0) is 26.0 Å². The first kappa shape index (κ1) is 11.0. The maximum absolute atomic E-state index is 12.1. The van der Waals surface area contributed by atoms with Crippen molar-refractivity contribution in [3.63, 3.8) is 0 Å². The van der Waals surface area contributed by atoms with E-state index < -0.39 is 6.10 Å². The molecule has 86 valence electrons. The largest absolute Gasteiger partial charge is 0.477 e. The summed E-state index contributed by atoms with van der Waals surface area (Å²) in [5, 5.41) is 0. The van der Waals surface area contributed by atoms with E-state index in [0.717, 1.165) is 11.4 Å². The molecule has 1 atom stereocenters. The van der Waals surface area contributed by atoms with Gasteiger partial charge in [0.1, 0.15) is 5.75 Å². The zero-order valence-electron chi connectivity index (χ0n) is 9.51. The summed E-state index contributed by atoms with van der Waals surface area (Å²) in [4.78, 5) is 13.8. The molecule has 0 fully saturated rings. The van der Waals surface area contributed by atoms with E-state index in [2.05, 4.69) is 0 Å². The fourth-order valence-corrected chi connectivity index (χ4v) is 1.91. The van der Waals surface area contributed by atoms with Gasteiger partial charge in [-0.15, -0.1) is 0 Å². The van der Waals surface area contributed by atoms with Gasteiger partial charge >= 0.3 is 0 Å². The third kappa shape index (κ3) is 1.65. The van der Waals surface area contributed by atoms with E-state index in [9.17, 15) is 4.79 Å². The number of hydrogen-bond acceptors (Lipinski definition) is 3. The molecular formula is C12H16N2O2. The van der Waals surface area contributed by atoms with Gasteiger partial charge in [-0.25, -0.2) is 0 Å². The van der Waals surface area contributed by atoms with Gasteiger partial charge in [0, 0.05) is 12.6 Å². The van der Waals surface area contributed by atoms with Crippen LogP contribution in [0, 0.1) is 0 Å². The summed E-state index contributed by atoms with van der Waals surface area (Å²) in [6.07, 6.45) is -0.558. The second kappa shape index (κ2) is 4.14. The quantitative estimate of drug-likeness (QED) is 0.813. The Labute approximate surface area is 95.0 Å². The fourth-order valence-electron chi connectivity index (χ4n) is 1.91. The van der Waals surface area contributed by atoms with Crippen LogP contribution in [0.15, 0.2) is 24.3 Å². The predicted molar refractivity (Wildman–Crippen MR) is 62.5 cm³/mol. The number of rotatable bonds is 2. The minimum absolute atomic E-state index is 0.0591. The van der Waals surface area contributed by atoms with Crippen LogP contribution in [-0.4, -0.2) is 24.6 Å². The van der Waals surface area contributed by atoms with Gasteiger partial charge in [-0.3, -0.25) is 4.79 Å². The standard InChI is InChI=1S/C12H16N2O2/c1-8(2)14-9-5-3-4-6-10(9)16-11(7-13)12(14)15/h3-6,8,11H,7,13H2,1-2H3. The summed E-state index contributed by atoms with van der Waals surface area (Å²) in [7, 11) is 0. The molecule has 0 aromatic heterocycles. The predicted octanol–water partition coefficient (Wildman–Crippen LogP) is 1.15. The number of benzene rings is 1. The molecule has 1 aliphatic heterocycles.